The Bertz CT molecular complexity index is 775. The Morgan fingerprint density at radius 2 is 1.47 bits per heavy atom. The van der Waals surface area contributed by atoms with Crippen LogP contribution in [0.3, 0.4) is 0 Å². The second-order valence-corrected chi connectivity index (χ2v) is 5.84. The number of rotatable bonds is 1. The van der Waals surface area contributed by atoms with Crippen molar-refractivity contribution < 1.29 is 0 Å². The molecule has 1 heteroatoms. The van der Waals surface area contributed by atoms with Gasteiger partial charge in [0.25, 0.3) is 0 Å². The summed E-state index contributed by atoms with van der Waals surface area (Å²) in [6.45, 7) is 11.2. The van der Waals surface area contributed by atoms with Gasteiger partial charge >= 0.3 is 0 Å². The zero-order valence-corrected chi connectivity index (χ0v) is 12.4. The molecule has 2 aromatic carbocycles. The normalized spacial score (nSPS) is 11.9. The molecule has 3 rings (SSSR count). The fourth-order valence-corrected chi connectivity index (χ4v) is 3.15. The van der Waals surface area contributed by atoms with Gasteiger partial charge in [0.05, 0.1) is 11.0 Å². The van der Waals surface area contributed by atoms with E-state index in [0.717, 1.165) is 0 Å². The number of benzene rings is 2. The van der Waals surface area contributed by atoms with Crippen LogP contribution in [0.4, 0.5) is 0 Å². The minimum absolute atomic E-state index is 0.474. The second kappa shape index (κ2) is 4.12. The van der Waals surface area contributed by atoms with E-state index in [1.54, 1.807) is 0 Å². The van der Waals surface area contributed by atoms with Gasteiger partial charge in [-0.25, -0.2) is 0 Å². The summed E-state index contributed by atoms with van der Waals surface area (Å²) < 4.78 is 2.50. The van der Waals surface area contributed by atoms with Crippen LogP contribution in [0.5, 0.6) is 0 Å². The highest BCUT2D eigenvalue weighted by atomic mass is 15.0. The molecular formula is C18H21N. The predicted octanol–water partition coefficient (Wildman–Crippen LogP) is 5.30. The summed E-state index contributed by atoms with van der Waals surface area (Å²) in [7, 11) is 0. The van der Waals surface area contributed by atoms with Gasteiger partial charge in [-0.3, -0.25) is 0 Å². The van der Waals surface area contributed by atoms with E-state index in [4.69, 9.17) is 0 Å². The molecule has 0 aliphatic heterocycles. The van der Waals surface area contributed by atoms with Crippen molar-refractivity contribution in [1.82, 2.24) is 4.57 Å². The van der Waals surface area contributed by atoms with Crippen molar-refractivity contribution in [3.63, 3.8) is 0 Å². The van der Waals surface area contributed by atoms with Gasteiger partial charge in [0.15, 0.2) is 0 Å². The molecule has 3 aromatic rings. The Morgan fingerprint density at radius 3 is 2.16 bits per heavy atom. The van der Waals surface area contributed by atoms with Crippen LogP contribution in [0.25, 0.3) is 21.8 Å². The summed E-state index contributed by atoms with van der Waals surface area (Å²) in [6.07, 6.45) is 0. The Balaban J connectivity index is 2.67. The van der Waals surface area contributed by atoms with Gasteiger partial charge in [0.1, 0.15) is 0 Å². The molecule has 0 radical (unpaired) electrons. The Kier molecular flexibility index (Phi) is 2.67. The number of para-hydroxylation sites is 1. The van der Waals surface area contributed by atoms with E-state index in [9.17, 15) is 0 Å². The Morgan fingerprint density at radius 1 is 0.789 bits per heavy atom. The molecule has 0 bridgehead atoms. The lowest BCUT2D eigenvalue weighted by molar-refractivity contribution is 0.640. The molecule has 0 aliphatic carbocycles. The van der Waals surface area contributed by atoms with E-state index >= 15 is 0 Å². The van der Waals surface area contributed by atoms with Crippen LogP contribution in [0.15, 0.2) is 30.3 Å². The fraction of sp³-hybridized carbons (Fsp3) is 0.333. The highest BCUT2D eigenvalue weighted by molar-refractivity contribution is 6.10. The molecule has 1 heterocycles. The third-order valence-corrected chi connectivity index (χ3v) is 4.23. The van der Waals surface area contributed by atoms with Gasteiger partial charge in [0.2, 0.25) is 0 Å². The van der Waals surface area contributed by atoms with Crippen molar-refractivity contribution in [3.8, 4) is 0 Å². The molecule has 0 unspecified atom stereocenters. The topological polar surface area (TPSA) is 4.93 Å². The lowest BCUT2D eigenvalue weighted by Crippen LogP contribution is -2.02. The Hall–Kier alpha value is -1.76. The van der Waals surface area contributed by atoms with Gasteiger partial charge in [-0.2, -0.15) is 0 Å². The zero-order valence-electron chi connectivity index (χ0n) is 12.4. The molecule has 0 saturated carbocycles. The molecule has 0 atom stereocenters. The Labute approximate surface area is 114 Å². The van der Waals surface area contributed by atoms with Crippen LogP contribution in [-0.2, 0) is 0 Å². The van der Waals surface area contributed by atoms with Gasteiger partial charge in [-0.05, 0) is 51.3 Å². The molecular weight excluding hydrogens is 230 g/mol. The SMILES string of the molecule is Cc1ccc2c3cccc(C)c3n(C(C)C)c2c1C. The van der Waals surface area contributed by atoms with Gasteiger partial charge < -0.3 is 4.57 Å². The van der Waals surface area contributed by atoms with E-state index in [1.165, 1.54) is 38.5 Å². The quantitative estimate of drug-likeness (QED) is 0.553. The first kappa shape index (κ1) is 12.3. The summed E-state index contributed by atoms with van der Waals surface area (Å²) in [4.78, 5) is 0. The molecule has 0 N–H and O–H groups in total. The van der Waals surface area contributed by atoms with Crippen molar-refractivity contribution in [2.45, 2.75) is 40.7 Å². The molecule has 1 aromatic heterocycles. The first-order valence-electron chi connectivity index (χ1n) is 7.01. The number of aromatic nitrogens is 1. The van der Waals surface area contributed by atoms with E-state index in [-0.39, 0.29) is 0 Å². The minimum Gasteiger partial charge on any atom is -0.337 e. The maximum absolute atomic E-state index is 2.50. The average molecular weight is 251 g/mol. The van der Waals surface area contributed by atoms with Gasteiger partial charge in [0, 0.05) is 16.8 Å². The molecule has 0 spiro atoms. The van der Waals surface area contributed by atoms with Crippen molar-refractivity contribution in [2.75, 3.05) is 0 Å². The lowest BCUT2D eigenvalue weighted by atomic mass is 10.0. The fourth-order valence-electron chi connectivity index (χ4n) is 3.15. The van der Waals surface area contributed by atoms with Crippen molar-refractivity contribution in [2.24, 2.45) is 0 Å². The van der Waals surface area contributed by atoms with E-state index in [0.29, 0.717) is 6.04 Å². The molecule has 0 aliphatic rings. The largest absolute Gasteiger partial charge is 0.337 e. The van der Waals surface area contributed by atoms with E-state index in [2.05, 4.69) is 69.5 Å². The number of fused-ring (bicyclic) bond motifs is 3. The van der Waals surface area contributed by atoms with Crippen LogP contribution in [0, 0.1) is 20.8 Å². The van der Waals surface area contributed by atoms with Crippen LogP contribution in [0.1, 0.15) is 36.6 Å². The third kappa shape index (κ3) is 1.61. The van der Waals surface area contributed by atoms with Crippen molar-refractivity contribution in [3.05, 3.63) is 47.0 Å². The first-order valence-corrected chi connectivity index (χ1v) is 7.01. The predicted molar refractivity (Wildman–Crippen MR) is 84.0 cm³/mol. The number of nitrogens with zero attached hydrogens (tertiary/aromatic N) is 1. The summed E-state index contributed by atoms with van der Waals surface area (Å²) in [5, 5.41) is 2.77. The van der Waals surface area contributed by atoms with Crippen LogP contribution in [-0.4, -0.2) is 4.57 Å². The lowest BCUT2D eigenvalue weighted by Gasteiger charge is -2.15. The molecule has 0 amide bonds. The smallest absolute Gasteiger partial charge is 0.0526 e. The maximum atomic E-state index is 2.50. The van der Waals surface area contributed by atoms with E-state index in [1.807, 2.05) is 0 Å². The highest BCUT2D eigenvalue weighted by Gasteiger charge is 2.16. The molecule has 19 heavy (non-hydrogen) atoms. The zero-order chi connectivity index (χ0) is 13.7. The number of hydrogen-bond donors (Lipinski definition) is 0. The maximum Gasteiger partial charge on any atom is 0.0526 e. The minimum atomic E-state index is 0.474. The van der Waals surface area contributed by atoms with E-state index < -0.39 is 0 Å². The second-order valence-electron chi connectivity index (χ2n) is 5.84. The summed E-state index contributed by atoms with van der Waals surface area (Å²) in [5.41, 5.74) is 6.93. The van der Waals surface area contributed by atoms with Gasteiger partial charge in [-0.1, -0.05) is 30.3 Å². The summed E-state index contributed by atoms with van der Waals surface area (Å²) in [6, 6.07) is 11.6. The molecule has 0 saturated heterocycles. The van der Waals surface area contributed by atoms with Crippen LogP contribution in [0.2, 0.25) is 0 Å². The standard InChI is InChI=1S/C18H21N/c1-11(2)19-17-13(4)7-6-8-15(17)16-10-9-12(3)14(5)18(16)19/h6-11H,1-5H3. The first-order chi connectivity index (χ1) is 9.02. The molecule has 1 nitrogen and oxygen atoms in total. The molecule has 0 fully saturated rings. The highest BCUT2D eigenvalue weighted by Crippen LogP contribution is 2.36. The van der Waals surface area contributed by atoms with Gasteiger partial charge in [-0.15, -0.1) is 0 Å². The summed E-state index contributed by atoms with van der Waals surface area (Å²) >= 11 is 0. The molecule has 98 valence electrons. The summed E-state index contributed by atoms with van der Waals surface area (Å²) in [5.74, 6) is 0. The van der Waals surface area contributed by atoms with Crippen LogP contribution >= 0.6 is 0 Å². The van der Waals surface area contributed by atoms with Crippen LogP contribution < -0.4 is 0 Å². The van der Waals surface area contributed by atoms with Crippen molar-refractivity contribution in [1.29, 1.82) is 0 Å². The number of hydrogen-bond acceptors (Lipinski definition) is 0. The third-order valence-electron chi connectivity index (χ3n) is 4.23. The average Bonchev–Trinajstić information content (AvgIpc) is 2.70. The monoisotopic (exact) mass is 251 g/mol. The van der Waals surface area contributed by atoms with Crippen molar-refractivity contribution >= 4 is 21.8 Å². The number of aryl methyl sites for hydroxylation is 3.